The summed E-state index contributed by atoms with van der Waals surface area (Å²) in [5.74, 6) is 0. The lowest BCUT2D eigenvalue weighted by Crippen LogP contribution is -1.98. The first-order chi connectivity index (χ1) is 5.40. The van der Waals surface area contributed by atoms with Gasteiger partial charge in [-0.3, -0.25) is 0 Å². The topological polar surface area (TPSA) is 24.9 Å². The molecule has 2 nitrogen and oxygen atoms in total. The lowest BCUT2D eigenvalue weighted by atomic mass is 10.0. The Morgan fingerprint density at radius 1 is 1.36 bits per heavy atom. The average Bonchev–Trinajstić information content (AvgIpc) is 2.46. The first kappa shape index (κ1) is 7.79. The predicted octanol–water partition coefficient (Wildman–Crippen LogP) is 2.78. The number of hydrogen-bond donors (Lipinski definition) is 1. The molecule has 0 saturated heterocycles. The first-order valence-electron chi connectivity index (χ1n) is 3.75. The number of aromatic nitrogens is 1. The molecule has 0 bridgehead atoms. The van der Waals surface area contributed by atoms with E-state index in [9.17, 15) is 0 Å². The third kappa shape index (κ3) is 1.51. The van der Waals surface area contributed by atoms with Crippen molar-refractivity contribution in [2.75, 3.05) is 3.53 Å². The van der Waals surface area contributed by atoms with E-state index < -0.39 is 0 Å². The zero-order valence-electron chi connectivity index (χ0n) is 6.06. The van der Waals surface area contributed by atoms with Crippen LogP contribution in [0, 0.1) is 0 Å². The molecule has 1 aromatic heterocycles. The Bertz CT molecular complexity index is 235. The van der Waals surface area contributed by atoms with Crippen molar-refractivity contribution < 1.29 is 0 Å². The molecule has 1 aliphatic carbocycles. The molecule has 2 rings (SSSR count). The molecular formula is C7H9IN2S. The Morgan fingerprint density at radius 3 is 2.91 bits per heavy atom. The predicted molar refractivity (Wildman–Crippen MR) is 56.4 cm³/mol. The van der Waals surface area contributed by atoms with E-state index in [4.69, 9.17) is 0 Å². The minimum Gasteiger partial charge on any atom is -0.304 e. The molecule has 0 aromatic carbocycles. The van der Waals surface area contributed by atoms with E-state index in [1.807, 2.05) is 0 Å². The van der Waals surface area contributed by atoms with Gasteiger partial charge >= 0.3 is 0 Å². The summed E-state index contributed by atoms with van der Waals surface area (Å²) in [5, 5.41) is 1.07. The third-order valence-corrected chi connectivity index (χ3v) is 3.88. The second kappa shape index (κ2) is 3.26. The maximum atomic E-state index is 4.47. The Hall–Kier alpha value is 0.160. The fourth-order valence-electron chi connectivity index (χ4n) is 1.39. The standard InChI is InChI=1S/C7H9IN2S/c8-10-7-9-5-3-1-2-4-6(5)11-7/h1-4H2,(H,9,10). The van der Waals surface area contributed by atoms with Crippen LogP contribution in [0.5, 0.6) is 0 Å². The van der Waals surface area contributed by atoms with Crippen molar-refractivity contribution >= 4 is 39.3 Å². The van der Waals surface area contributed by atoms with Crippen molar-refractivity contribution in [1.29, 1.82) is 0 Å². The van der Waals surface area contributed by atoms with Gasteiger partial charge in [-0.25, -0.2) is 4.98 Å². The van der Waals surface area contributed by atoms with Crippen LogP contribution in [0.15, 0.2) is 0 Å². The molecule has 1 N–H and O–H groups in total. The van der Waals surface area contributed by atoms with Gasteiger partial charge in [-0.15, -0.1) is 11.3 Å². The zero-order valence-corrected chi connectivity index (χ0v) is 9.04. The van der Waals surface area contributed by atoms with E-state index in [0.29, 0.717) is 0 Å². The van der Waals surface area contributed by atoms with E-state index in [1.165, 1.54) is 36.3 Å². The summed E-state index contributed by atoms with van der Waals surface area (Å²) in [6.45, 7) is 0. The second-order valence-electron chi connectivity index (χ2n) is 2.69. The van der Waals surface area contributed by atoms with Crippen molar-refractivity contribution in [1.82, 2.24) is 4.98 Å². The molecule has 0 amide bonds. The number of nitrogens with one attached hydrogen (secondary N) is 1. The maximum Gasteiger partial charge on any atom is 0.191 e. The first-order valence-corrected chi connectivity index (χ1v) is 5.65. The number of hydrogen-bond acceptors (Lipinski definition) is 3. The molecule has 0 fully saturated rings. The van der Waals surface area contributed by atoms with Gasteiger partial charge in [0.1, 0.15) is 0 Å². The molecule has 0 saturated carbocycles. The zero-order chi connectivity index (χ0) is 7.68. The van der Waals surface area contributed by atoms with E-state index in [1.54, 1.807) is 11.3 Å². The number of rotatable bonds is 1. The maximum absolute atomic E-state index is 4.47. The van der Waals surface area contributed by atoms with Gasteiger partial charge < -0.3 is 3.53 Å². The summed E-state index contributed by atoms with van der Waals surface area (Å²) in [7, 11) is 0. The van der Waals surface area contributed by atoms with Gasteiger partial charge in [0.25, 0.3) is 0 Å². The highest BCUT2D eigenvalue weighted by Crippen LogP contribution is 2.29. The van der Waals surface area contributed by atoms with Crippen LogP contribution in [0.25, 0.3) is 0 Å². The van der Waals surface area contributed by atoms with Crippen LogP contribution in [0.4, 0.5) is 5.13 Å². The molecule has 1 aliphatic rings. The highest BCUT2D eigenvalue weighted by molar-refractivity contribution is 14.1. The molecule has 0 unspecified atom stereocenters. The summed E-state index contributed by atoms with van der Waals surface area (Å²) < 4.78 is 3.06. The summed E-state index contributed by atoms with van der Waals surface area (Å²) in [6.07, 6.45) is 5.09. The lowest BCUT2D eigenvalue weighted by Gasteiger charge is -2.06. The van der Waals surface area contributed by atoms with Crippen molar-refractivity contribution in [3.8, 4) is 0 Å². The molecule has 0 radical (unpaired) electrons. The largest absolute Gasteiger partial charge is 0.304 e. The number of halogens is 1. The van der Waals surface area contributed by atoms with Crippen LogP contribution in [-0.4, -0.2) is 4.98 Å². The molecule has 1 aromatic rings. The minimum absolute atomic E-state index is 1.07. The highest BCUT2D eigenvalue weighted by Gasteiger charge is 2.13. The van der Waals surface area contributed by atoms with Crippen molar-refractivity contribution in [3.05, 3.63) is 10.6 Å². The van der Waals surface area contributed by atoms with Gasteiger partial charge in [0, 0.05) is 4.88 Å². The van der Waals surface area contributed by atoms with Gasteiger partial charge in [0.15, 0.2) is 5.13 Å². The summed E-state index contributed by atoms with van der Waals surface area (Å²) >= 11 is 3.94. The van der Waals surface area contributed by atoms with E-state index in [-0.39, 0.29) is 0 Å². The SMILES string of the molecule is INc1nc2c(s1)CCCC2. The van der Waals surface area contributed by atoms with Crippen LogP contribution in [0.2, 0.25) is 0 Å². The van der Waals surface area contributed by atoms with Crippen LogP contribution >= 0.6 is 34.2 Å². The van der Waals surface area contributed by atoms with Gasteiger partial charge in [0.2, 0.25) is 0 Å². The Kier molecular flexibility index (Phi) is 2.31. The molecule has 4 heteroatoms. The fraction of sp³-hybridized carbons (Fsp3) is 0.571. The van der Waals surface area contributed by atoms with Crippen LogP contribution in [0.1, 0.15) is 23.4 Å². The monoisotopic (exact) mass is 280 g/mol. The Balaban J connectivity index is 2.32. The van der Waals surface area contributed by atoms with Gasteiger partial charge in [-0.2, -0.15) is 0 Å². The number of fused-ring (bicyclic) bond motifs is 1. The van der Waals surface area contributed by atoms with Gasteiger partial charge in [-0.1, -0.05) is 0 Å². The minimum atomic E-state index is 1.07. The van der Waals surface area contributed by atoms with Crippen molar-refractivity contribution in [2.24, 2.45) is 0 Å². The molecule has 1 heterocycles. The lowest BCUT2D eigenvalue weighted by molar-refractivity contribution is 0.683. The Morgan fingerprint density at radius 2 is 2.18 bits per heavy atom. The number of thiazole rings is 1. The van der Waals surface area contributed by atoms with E-state index >= 15 is 0 Å². The summed E-state index contributed by atoms with van der Waals surface area (Å²) in [6, 6.07) is 0. The van der Waals surface area contributed by atoms with Crippen LogP contribution in [0.3, 0.4) is 0 Å². The molecule has 0 spiro atoms. The summed E-state index contributed by atoms with van der Waals surface area (Å²) in [4.78, 5) is 5.96. The number of aryl methyl sites for hydroxylation is 2. The van der Waals surface area contributed by atoms with Crippen molar-refractivity contribution in [3.63, 3.8) is 0 Å². The Labute approximate surface area is 83.9 Å². The highest BCUT2D eigenvalue weighted by atomic mass is 127. The molecule has 0 atom stereocenters. The number of anilines is 1. The average molecular weight is 280 g/mol. The van der Waals surface area contributed by atoms with E-state index in [0.717, 1.165) is 5.13 Å². The van der Waals surface area contributed by atoms with Crippen LogP contribution < -0.4 is 3.53 Å². The molecule has 60 valence electrons. The fourth-order valence-corrected chi connectivity index (χ4v) is 2.78. The quantitative estimate of drug-likeness (QED) is 0.632. The van der Waals surface area contributed by atoms with Crippen molar-refractivity contribution in [2.45, 2.75) is 25.7 Å². The molecule has 0 aliphatic heterocycles. The normalized spacial score (nSPS) is 16.1. The van der Waals surface area contributed by atoms with E-state index in [2.05, 4.69) is 31.4 Å². The smallest absolute Gasteiger partial charge is 0.191 e. The van der Waals surface area contributed by atoms with Gasteiger partial charge in [0.05, 0.1) is 28.6 Å². The second-order valence-corrected chi connectivity index (χ2v) is 4.31. The van der Waals surface area contributed by atoms with Gasteiger partial charge in [-0.05, 0) is 25.7 Å². The third-order valence-electron chi connectivity index (χ3n) is 1.93. The molecule has 11 heavy (non-hydrogen) atoms. The molecular weight excluding hydrogens is 271 g/mol. The summed E-state index contributed by atoms with van der Waals surface area (Å²) in [5.41, 5.74) is 1.33. The number of nitrogens with zero attached hydrogens (tertiary/aromatic N) is 1. The van der Waals surface area contributed by atoms with Crippen LogP contribution in [-0.2, 0) is 12.8 Å².